The fourth-order valence-corrected chi connectivity index (χ4v) is 3.69. The van der Waals surface area contributed by atoms with E-state index in [0.29, 0.717) is 0 Å². The van der Waals surface area contributed by atoms with Crippen molar-refractivity contribution < 1.29 is 4.57 Å². The van der Waals surface area contributed by atoms with E-state index in [1.165, 1.54) is 38.7 Å². The molecule has 0 saturated carbocycles. The maximum Gasteiger partial charge on any atom is 0.252 e. The Morgan fingerprint density at radius 1 is 0.893 bits per heavy atom. The van der Waals surface area contributed by atoms with Gasteiger partial charge in [0.15, 0.2) is 6.20 Å². The van der Waals surface area contributed by atoms with Crippen LogP contribution in [0.3, 0.4) is 0 Å². The number of nitrogens with zero attached hydrogens (tertiary/aromatic N) is 2. The van der Waals surface area contributed by atoms with Crippen molar-refractivity contribution in [2.45, 2.75) is 59.4 Å². The second-order valence-corrected chi connectivity index (χ2v) is 9.46. The summed E-state index contributed by atoms with van der Waals surface area (Å²) < 4.78 is 2.22. The van der Waals surface area contributed by atoms with Gasteiger partial charge in [-0.15, -0.1) is 0 Å². The van der Waals surface area contributed by atoms with Gasteiger partial charge in [-0.2, -0.15) is 0 Å². The maximum atomic E-state index is 7.52. The van der Waals surface area contributed by atoms with E-state index < -0.39 is 5.54 Å². The van der Waals surface area contributed by atoms with Crippen LogP contribution in [0, 0.1) is 20.4 Å². The van der Waals surface area contributed by atoms with Gasteiger partial charge in [0.25, 0.3) is 5.54 Å². The summed E-state index contributed by atoms with van der Waals surface area (Å²) in [4.78, 5) is 3.80. The second kappa shape index (κ2) is 6.74. The minimum atomic E-state index is -0.509. The topological polar surface area (TPSA) is 8.24 Å². The Kier molecular flexibility index (Phi) is 4.84. The van der Waals surface area contributed by atoms with Gasteiger partial charge in [-0.05, 0) is 59.5 Å². The largest absolute Gasteiger partial charge is 0.306 e. The van der Waals surface area contributed by atoms with E-state index in [9.17, 15) is 0 Å². The summed E-state index contributed by atoms with van der Waals surface area (Å²) in [6.07, 6.45) is 2.13. The average Bonchev–Trinajstić information content (AvgIpc) is 2.63. The lowest BCUT2D eigenvalue weighted by molar-refractivity contribution is -0.659. The zero-order chi connectivity index (χ0) is 20.9. The molecule has 0 unspecified atom stereocenters. The SMILES string of the molecule is [C-]#[N+]C(C)(C)c1ccc2c(-c3cc(C(C)(C)C)cc(C)c3C)[n+](C)ccc2c1. The highest BCUT2D eigenvalue weighted by Crippen LogP contribution is 2.35. The summed E-state index contributed by atoms with van der Waals surface area (Å²) in [5.74, 6) is 0. The molecule has 144 valence electrons. The van der Waals surface area contributed by atoms with Gasteiger partial charge in [0.2, 0.25) is 5.69 Å². The molecule has 0 saturated heterocycles. The van der Waals surface area contributed by atoms with E-state index >= 15 is 0 Å². The van der Waals surface area contributed by atoms with Crippen molar-refractivity contribution in [3.8, 4) is 11.3 Å². The number of pyridine rings is 1. The van der Waals surface area contributed by atoms with E-state index in [1.54, 1.807) is 0 Å². The molecule has 3 aromatic rings. The summed E-state index contributed by atoms with van der Waals surface area (Å²) in [6, 6.07) is 13.3. The first-order valence-electron chi connectivity index (χ1n) is 9.89. The Hall–Kier alpha value is -2.66. The molecule has 2 heteroatoms. The predicted molar refractivity (Wildman–Crippen MR) is 118 cm³/mol. The molecule has 0 aliphatic carbocycles. The van der Waals surface area contributed by atoms with E-state index in [1.807, 2.05) is 13.8 Å². The molecule has 0 aliphatic heterocycles. The van der Waals surface area contributed by atoms with Gasteiger partial charge in [0.1, 0.15) is 7.05 Å². The van der Waals surface area contributed by atoms with Gasteiger partial charge < -0.3 is 4.85 Å². The van der Waals surface area contributed by atoms with Crippen molar-refractivity contribution >= 4 is 10.8 Å². The standard InChI is InChI=1S/C26H31N2/c1-17-14-21(25(3,4)5)16-23(18(17)2)24-22-11-10-20(26(6,7)27-8)15-19(22)12-13-28(24)9/h10-16H,1-7,9H3/q+1. The quantitative estimate of drug-likeness (QED) is 0.364. The van der Waals surface area contributed by atoms with Gasteiger partial charge in [0.05, 0.1) is 10.9 Å². The Morgan fingerprint density at radius 3 is 2.18 bits per heavy atom. The van der Waals surface area contributed by atoms with Crippen LogP contribution in [0.4, 0.5) is 0 Å². The molecule has 0 amide bonds. The van der Waals surface area contributed by atoms with Gasteiger partial charge >= 0.3 is 0 Å². The number of fused-ring (bicyclic) bond motifs is 1. The maximum absolute atomic E-state index is 7.52. The van der Waals surface area contributed by atoms with E-state index in [0.717, 1.165) is 5.56 Å². The molecule has 0 atom stereocenters. The van der Waals surface area contributed by atoms with Crippen molar-refractivity contribution in [2.75, 3.05) is 0 Å². The Balaban J connectivity index is 2.34. The van der Waals surface area contributed by atoms with Crippen LogP contribution in [-0.2, 0) is 18.0 Å². The van der Waals surface area contributed by atoms with Crippen molar-refractivity contribution in [3.63, 3.8) is 0 Å². The molecule has 0 fully saturated rings. The van der Waals surface area contributed by atoms with Crippen LogP contribution >= 0.6 is 0 Å². The lowest BCUT2D eigenvalue weighted by atomic mass is 9.82. The molecule has 2 aromatic carbocycles. The second-order valence-electron chi connectivity index (χ2n) is 9.46. The number of hydrogen-bond donors (Lipinski definition) is 0. The highest BCUT2D eigenvalue weighted by molar-refractivity contribution is 5.94. The van der Waals surface area contributed by atoms with Crippen molar-refractivity contribution in [1.82, 2.24) is 0 Å². The summed E-state index contributed by atoms with van der Waals surface area (Å²) in [5, 5.41) is 2.41. The fraction of sp³-hybridized carbons (Fsp3) is 0.385. The molecule has 3 rings (SSSR count). The average molecular weight is 372 g/mol. The van der Waals surface area contributed by atoms with E-state index in [4.69, 9.17) is 6.57 Å². The van der Waals surface area contributed by atoms with Crippen molar-refractivity contribution in [3.05, 3.63) is 76.3 Å². The van der Waals surface area contributed by atoms with Crippen LogP contribution in [0.1, 0.15) is 56.9 Å². The van der Waals surface area contributed by atoms with Gasteiger partial charge in [-0.3, -0.25) is 0 Å². The zero-order valence-corrected chi connectivity index (χ0v) is 18.4. The molecule has 0 aliphatic rings. The molecule has 0 radical (unpaired) electrons. The Morgan fingerprint density at radius 2 is 1.57 bits per heavy atom. The van der Waals surface area contributed by atoms with Crippen molar-refractivity contribution in [1.29, 1.82) is 0 Å². The van der Waals surface area contributed by atoms with Gasteiger partial charge in [0, 0.05) is 25.5 Å². The van der Waals surface area contributed by atoms with Crippen LogP contribution in [0.5, 0.6) is 0 Å². The number of hydrogen-bond acceptors (Lipinski definition) is 0. The third-order valence-electron chi connectivity index (χ3n) is 5.91. The Bertz CT molecular complexity index is 1110. The van der Waals surface area contributed by atoms with Crippen LogP contribution in [0.2, 0.25) is 0 Å². The molecule has 2 nitrogen and oxygen atoms in total. The summed E-state index contributed by atoms with van der Waals surface area (Å²) in [7, 11) is 2.12. The lowest BCUT2D eigenvalue weighted by Gasteiger charge is -2.22. The van der Waals surface area contributed by atoms with Crippen LogP contribution in [-0.4, -0.2) is 0 Å². The Labute approximate surface area is 169 Å². The van der Waals surface area contributed by atoms with E-state index in [2.05, 4.69) is 93.7 Å². The molecule has 0 N–H and O–H groups in total. The summed E-state index contributed by atoms with van der Waals surface area (Å²) >= 11 is 0. The zero-order valence-electron chi connectivity index (χ0n) is 18.4. The molecule has 0 spiro atoms. The fourth-order valence-electron chi connectivity index (χ4n) is 3.69. The molecular weight excluding hydrogens is 340 g/mol. The number of rotatable bonds is 2. The summed E-state index contributed by atoms with van der Waals surface area (Å²) in [5.41, 5.74) is 7.17. The molecule has 1 heterocycles. The first-order chi connectivity index (χ1) is 13.0. The highest BCUT2D eigenvalue weighted by Gasteiger charge is 2.27. The van der Waals surface area contributed by atoms with Crippen LogP contribution in [0.15, 0.2) is 42.6 Å². The van der Waals surface area contributed by atoms with Gasteiger partial charge in [-0.25, -0.2) is 11.1 Å². The first-order valence-corrected chi connectivity index (χ1v) is 9.89. The first kappa shape index (κ1) is 20.1. The highest BCUT2D eigenvalue weighted by atomic mass is 14.9. The summed E-state index contributed by atoms with van der Waals surface area (Å²) in [6.45, 7) is 22.7. The number of aromatic nitrogens is 1. The molecular formula is C26H31N2+. The number of benzene rings is 2. The van der Waals surface area contributed by atoms with Crippen LogP contribution < -0.4 is 4.57 Å². The van der Waals surface area contributed by atoms with Gasteiger partial charge in [-0.1, -0.05) is 32.9 Å². The number of aryl methyl sites for hydroxylation is 2. The molecule has 0 bridgehead atoms. The minimum Gasteiger partial charge on any atom is -0.306 e. The molecule has 28 heavy (non-hydrogen) atoms. The lowest BCUT2D eigenvalue weighted by Crippen LogP contribution is -2.31. The van der Waals surface area contributed by atoms with Crippen LogP contribution in [0.25, 0.3) is 26.9 Å². The minimum absolute atomic E-state index is 0.100. The third kappa shape index (κ3) is 3.42. The third-order valence-corrected chi connectivity index (χ3v) is 5.91. The predicted octanol–water partition coefficient (Wildman–Crippen LogP) is 6.40. The smallest absolute Gasteiger partial charge is 0.252 e. The van der Waals surface area contributed by atoms with Crippen molar-refractivity contribution in [2.24, 2.45) is 7.05 Å². The normalized spacial score (nSPS) is 12.2. The molecule has 1 aromatic heterocycles. The van der Waals surface area contributed by atoms with E-state index in [-0.39, 0.29) is 5.41 Å². The monoisotopic (exact) mass is 371 g/mol.